The molecule has 1 N–H and O–H groups in total. The van der Waals surface area contributed by atoms with Crippen LogP contribution >= 0.6 is 39.1 Å². The molecule has 2 aromatic heterocycles. The second kappa shape index (κ2) is 8.60. The van der Waals surface area contributed by atoms with Crippen LogP contribution in [0.15, 0.2) is 33.4 Å². The lowest BCUT2D eigenvalue weighted by molar-refractivity contribution is 0.101. The molecule has 1 aliphatic carbocycles. The van der Waals surface area contributed by atoms with E-state index < -0.39 is 0 Å². The molecule has 1 unspecified atom stereocenters. The molecular weight excluding hydrogens is 503 g/mol. The summed E-state index contributed by atoms with van der Waals surface area (Å²) in [4.78, 5) is 13.0. The third-order valence-electron chi connectivity index (χ3n) is 5.76. The zero-order valence-corrected chi connectivity index (χ0v) is 20.6. The van der Waals surface area contributed by atoms with E-state index >= 15 is 0 Å². The van der Waals surface area contributed by atoms with Crippen LogP contribution in [-0.2, 0) is 19.4 Å². The summed E-state index contributed by atoms with van der Waals surface area (Å²) in [5, 5.41) is 12.4. The Labute approximate surface area is 199 Å². The van der Waals surface area contributed by atoms with Gasteiger partial charge in [0.25, 0.3) is 5.91 Å². The average molecular weight is 526 g/mol. The van der Waals surface area contributed by atoms with E-state index in [1.165, 1.54) is 0 Å². The van der Waals surface area contributed by atoms with Gasteiger partial charge in [-0.2, -0.15) is 5.10 Å². The molecule has 1 atom stereocenters. The van der Waals surface area contributed by atoms with Crippen LogP contribution < -0.4 is 5.32 Å². The number of halogens is 3. The largest absolute Gasteiger partial charge is 0.360 e. The summed E-state index contributed by atoms with van der Waals surface area (Å²) in [6, 6.07) is 5.43. The number of aromatic nitrogens is 3. The average Bonchev–Trinajstić information content (AvgIpc) is 3.27. The highest BCUT2D eigenvalue weighted by molar-refractivity contribution is 9.10. The number of hydrogen-bond donors (Lipinski definition) is 1. The Bertz CT molecular complexity index is 1130. The van der Waals surface area contributed by atoms with Gasteiger partial charge in [-0.3, -0.25) is 9.48 Å². The number of nitrogens with one attached hydrogen (secondary N) is 1. The third kappa shape index (κ3) is 4.83. The van der Waals surface area contributed by atoms with Gasteiger partial charge in [0.05, 0.1) is 21.1 Å². The molecule has 9 heteroatoms. The Kier molecular flexibility index (Phi) is 6.21. The summed E-state index contributed by atoms with van der Waals surface area (Å²) in [5.41, 5.74) is 2.36. The molecule has 0 saturated carbocycles. The van der Waals surface area contributed by atoms with E-state index in [-0.39, 0.29) is 11.3 Å². The second-order valence-corrected chi connectivity index (χ2v) is 10.6. The smallest absolute Gasteiger partial charge is 0.279 e. The maximum Gasteiger partial charge on any atom is 0.279 e. The predicted octanol–water partition coefficient (Wildman–Crippen LogP) is 6.39. The Morgan fingerprint density at radius 1 is 1.32 bits per heavy atom. The van der Waals surface area contributed by atoms with Crippen LogP contribution in [0.25, 0.3) is 0 Å². The molecule has 1 aromatic carbocycles. The van der Waals surface area contributed by atoms with Gasteiger partial charge in [0.2, 0.25) is 0 Å². The quantitative estimate of drug-likeness (QED) is 0.428. The number of carbonyl (C=O) groups excluding carboxylic acids is 1. The van der Waals surface area contributed by atoms with Crippen molar-refractivity contribution < 1.29 is 9.32 Å². The van der Waals surface area contributed by atoms with Gasteiger partial charge in [-0.15, -0.1) is 0 Å². The third-order valence-corrected chi connectivity index (χ3v) is 7.08. The predicted molar refractivity (Wildman–Crippen MR) is 125 cm³/mol. The molecule has 2 heterocycles. The number of anilines is 1. The molecular formula is C22H23BrCl2N4O2. The number of amides is 1. The van der Waals surface area contributed by atoms with Crippen molar-refractivity contribution in [3.8, 4) is 0 Å². The molecule has 0 fully saturated rings. The Balaban J connectivity index is 1.50. The summed E-state index contributed by atoms with van der Waals surface area (Å²) in [6.45, 7) is 7.17. The summed E-state index contributed by atoms with van der Waals surface area (Å²) in [6.07, 6.45) is 4.43. The van der Waals surface area contributed by atoms with E-state index in [1.807, 2.05) is 6.07 Å². The number of carbonyl (C=O) groups is 1. The minimum Gasteiger partial charge on any atom is -0.360 e. The Morgan fingerprint density at radius 3 is 2.81 bits per heavy atom. The lowest BCUT2D eigenvalue weighted by Crippen LogP contribution is -2.27. The number of hydrogen-bond acceptors (Lipinski definition) is 4. The van der Waals surface area contributed by atoms with Crippen LogP contribution in [0.4, 0.5) is 5.82 Å². The van der Waals surface area contributed by atoms with Crippen molar-refractivity contribution >= 4 is 50.9 Å². The molecule has 0 spiro atoms. The van der Waals surface area contributed by atoms with E-state index in [0.29, 0.717) is 38.5 Å². The number of nitrogens with zero attached hydrogens (tertiary/aromatic N) is 3. The normalized spacial score (nSPS) is 16.3. The van der Waals surface area contributed by atoms with E-state index in [2.05, 4.69) is 52.3 Å². The molecule has 4 rings (SSSR count). The maximum atomic E-state index is 13.0. The van der Waals surface area contributed by atoms with E-state index in [4.69, 9.17) is 27.7 Å². The number of benzene rings is 1. The molecule has 0 radical (unpaired) electrons. The maximum absolute atomic E-state index is 13.0. The van der Waals surface area contributed by atoms with Gasteiger partial charge in [-0.05, 0) is 57.8 Å². The summed E-state index contributed by atoms with van der Waals surface area (Å²) >= 11 is 15.5. The topological polar surface area (TPSA) is 73.0 Å². The molecule has 164 valence electrons. The van der Waals surface area contributed by atoms with Gasteiger partial charge in [0, 0.05) is 18.2 Å². The molecule has 0 aliphatic heterocycles. The van der Waals surface area contributed by atoms with E-state index in [9.17, 15) is 4.79 Å². The number of fused-ring (bicyclic) bond motifs is 1. The number of aryl methyl sites for hydroxylation is 1. The SMILES string of the molecule is CC(C)(C)C1CCc2onc(C(=O)Nc3nn(Cc4ccc(Cl)c(Cl)c4)cc3Br)c2C1. The molecule has 6 nitrogen and oxygen atoms in total. The highest BCUT2D eigenvalue weighted by Gasteiger charge is 2.34. The molecule has 1 aliphatic rings. The van der Waals surface area contributed by atoms with E-state index in [0.717, 1.165) is 36.1 Å². The van der Waals surface area contributed by atoms with Crippen molar-refractivity contribution in [2.45, 2.75) is 46.6 Å². The first-order valence-electron chi connectivity index (χ1n) is 10.1. The Morgan fingerprint density at radius 2 is 2.10 bits per heavy atom. The van der Waals surface area contributed by atoms with E-state index in [1.54, 1.807) is 23.0 Å². The Hall–Kier alpha value is -1.83. The van der Waals surface area contributed by atoms with Gasteiger partial charge in [-0.25, -0.2) is 0 Å². The first-order valence-corrected chi connectivity index (χ1v) is 11.6. The van der Waals surface area contributed by atoms with Crippen molar-refractivity contribution in [1.82, 2.24) is 14.9 Å². The molecule has 1 amide bonds. The highest BCUT2D eigenvalue weighted by Crippen LogP contribution is 2.38. The first kappa shape index (κ1) is 22.4. The van der Waals surface area contributed by atoms with Gasteiger partial charge in [0.1, 0.15) is 5.76 Å². The minimum atomic E-state index is -0.319. The van der Waals surface area contributed by atoms with Crippen molar-refractivity contribution in [3.05, 3.63) is 61.5 Å². The summed E-state index contributed by atoms with van der Waals surface area (Å²) < 4.78 is 7.86. The fourth-order valence-corrected chi connectivity index (χ4v) is 4.61. The van der Waals surface area contributed by atoms with Gasteiger partial charge in [0.15, 0.2) is 11.5 Å². The monoisotopic (exact) mass is 524 g/mol. The summed E-state index contributed by atoms with van der Waals surface area (Å²) in [7, 11) is 0. The molecule has 3 aromatic rings. The number of rotatable bonds is 4. The van der Waals surface area contributed by atoms with Crippen LogP contribution in [0, 0.1) is 11.3 Å². The van der Waals surface area contributed by atoms with Gasteiger partial charge < -0.3 is 9.84 Å². The fourth-order valence-electron chi connectivity index (χ4n) is 3.88. The standard InChI is InChI=1S/C22H23BrCl2N4O2/c1-22(2,3)13-5-7-18-14(9-13)19(28-31-18)21(30)26-20-15(23)11-29(27-20)10-12-4-6-16(24)17(25)8-12/h4,6,8,11,13H,5,7,9-10H2,1-3H3,(H,26,27,30). The van der Waals surface area contributed by atoms with Gasteiger partial charge in [-0.1, -0.05) is 55.2 Å². The highest BCUT2D eigenvalue weighted by atomic mass is 79.9. The zero-order valence-electron chi connectivity index (χ0n) is 17.5. The first-order chi connectivity index (χ1) is 14.6. The van der Waals surface area contributed by atoms with Crippen molar-refractivity contribution in [3.63, 3.8) is 0 Å². The molecule has 0 saturated heterocycles. The zero-order chi connectivity index (χ0) is 22.3. The second-order valence-electron chi connectivity index (χ2n) is 8.96. The minimum absolute atomic E-state index is 0.162. The van der Waals surface area contributed by atoms with Crippen LogP contribution in [0.5, 0.6) is 0 Å². The fraction of sp³-hybridized carbons (Fsp3) is 0.409. The van der Waals surface area contributed by atoms with Gasteiger partial charge >= 0.3 is 0 Å². The van der Waals surface area contributed by atoms with Crippen molar-refractivity contribution in [1.29, 1.82) is 0 Å². The lowest BCUT2D eigenvalue weighted by atomic mass is 9.71. The van der Waals surface area contributed by atoms with Crippen LogP contribution in [-0.4, -0.2) is 20.8 Å². The lowest BCUT2D eigenvalue weighted by Gasteiger charge is -2.33. The van der Waals surface area contributed by atoms with Crippen LogP contribution in [0.3, 0.4) is 0 Å². The van der Waals surface area contributed by atoms with Crippen LogP contribution in [0.2, 0.25) is 10.0 Å². The summed E-state index contributed by atoms with van der Waals surface area (Å²) in [5.74, 6) is 1.39. The van der Waals surface area contributed by atoms with Crippen molar-refractivity contribution in [2.24, 2.45) is 11.3 Å². The van der Waals surface area contributed by atoms with Crippen LogP contribution in [0.1, 0.15) is 54.6 Å². The molecule has 31 heavy (non-hydrogen) atoms. The molecule has 0 bridgehead atoms. The van der Waals surface area contributed by atoms with Crippen molar-refractivity contribution in [2.75, 3.05) is 5.32 Å².